The maximum atomic E-state index is 12.3. The van der Waals surface area contributed by atoms with Crippen molar-refractivity contribution < 1.29 is 17.9 Å². The standard InChI is InChI=1S/C14H16N2O4S3/c15-23(18,19)12-5-7-4-11(21-14(7)22-12)13(17)16-9-6-8(9)10-2-1-3-20-10/h4-5,8-10H,1-3,6H2,(H,16,17)(H2,15,18,19)/t8-,9-,10?/m1/s1. The maximum Gasteiger partial charge on any atom is 0.261 e. The predicted molar refractivity (Wildman–Crippen MR) is 89.4 cm³/mol. The van der Waals surface area contributed by atoms with Crippen LogP contribution in [0.2, 0.25) is 0 Å². The molecule has 0 bridgehead atoms. The number of sulfonamides is 1. The molecule has 23 heavy (non-hydrogen) atoms. The van der Waals surface area contributed by atoms with Gasteiger partial charge in [-0.1, -0.05) is 0 Å². The van der Waals surface area contributed by atoms with Crippen molar-refractivity contribution >= 4 is 48.0 Å². The molecule has 1 saturated heterocycles. The van der Waals surface area contributed by atoms with Gasteiger partial charge in [0.25, 0.3) is 5.91 Å². The molecular weight excluding hydrogens is 356 g/mol. The summed E-state index contributed by atoms with van der Waals surface area (Å²) in [5.41, 5.74) is 0. The molecular formula is C14H16N2O4S3. The zero-order chi connectivity index (χ0) is 16.2. The van der Waals surface area contributed by atoms with E-state index in [-0.39, 0.29) is 16.2 Å². The average Bonchev–Trinajstić information content (AvgIpc) is 2.91. The van der Waals surface area contributed by atoms with E-state index in [2.05, 4.69) is 5.32 Å². The first-order valence-corrected chi connectivity index (χ1v) is 10.6. The summed E-state index contributed by atoms with van der Waals surface area (Å²) >= 11 is 2.40. The van der Waals surface area contributed by atoms with Crippen molar-refractivity contribution in [2.24, 2.45) is 11.1 Å². The predicted octanol–water partition coefficient (Wildman–Crippen LogP) is 1.91. The quantitative estimate of drug-likeness (QED) is 0.856. The fourth-order valence-corrected chi connectivity index (χ4v) is 6.29. The number of thiophene rings is 2. The first kappa shape index (κ1) is 15.5. The van der Waals surface area contributed by atoms with Crippen molar-refractivity contribution in [1.82, 2.24) is 5.32 Å². The molecule has 2 fully saturated rings. The van der Waals surface area contributed by atoms with E-state index in [1.165, 1.54) is 17.4 Å². The highest BCUT2D eigenvalue weighted by molar-refractivity contribution is 7.91. The first-order chi connectivity index (χ1) is 10.9. The van der Waals surface area contributed by atoms with E-state index in [9.17, 15) is 13.2 Å². The Morgan fingerprint density at radius 1 is 1.35 bits per heavy atom. The molecule has 1 amide bonds. The minimum absolute atomic E-state index is 0.0962. The topological polar surface area (TPSA) is 98.5 Å². The van der Waals surface area contributed by atoms with Crippen LogP contribution in [-0.2, 0) is 14.8 Å². The molecule has 1 aliphatic carbocycles. The normalized spacial score (nSPS) is 27.4. The molecule has 0 aromatic carbocycles. The van der Waals surface area contributed by atoms with Gasteiger partial charge in [0.05, 0.1) is 15.0 Å². The lowest BCUT2D eigenvalue weighted by molar-refractivity contribution is 0.0867. The third-order valence-electron chi connectivity index (χ3n) is 4.29. The van der Waals surface area contributed by atoms with Gasteiger partial charge in [0.1, 0.15) is 4.21 Å². The van der Waals surface area contributed by atoms with E-state index in [0.717, 1.165) is 46.6 Å². The van der Waals surface area contributed by atoms with Crippen LogP contribution in [0.25, 0.3) is 9.40 Å². The van der Waals surface area contributed by atoms with Crippen molar-refractivity contribution in [2.45, 2.75) is 35.6 Å². The molecule has 0 radical (unpaired) electrons. The van der Waals surface area contributed by atoms with Gasteiger partial charge < -0.3 is 10.1 Å². The van der Waals surface area contributed by atoms with Crippen LogP contribution >= 0.6 is 22.7 Å². The van der Waals surface area contributed by atoms with Gasteiger partial charge in [0.15, 0.2) is 0 Å². The fraction of sp³-hybridized carbons (Fsp3) is 0.500. The summed E-state index contributed by atoms with van der Waals surface area (Å²) in [6.07, 6.45) is 3.47. The molecule has 3 heterocycles. The van der Waals surface area contributed by atoms with Crippen molar-refractivity contribution in [2.75, 3.05) is 6.61 Å². The Morgan fingerprint density at radius 3 is 2.83 bits per heavy atom. The summed E-state index contributed by atoms with van der Waals surface area (Å²) in [5, 5.41) is 8.92. The van der Waals surface area contributed by atoms with Crippen LogP contribution < -0.4 is 10.5 Å². The molecule has 2 aliphatic rings. The van der Waals surface area contributed by atoms with E-state index in [0.29, 0.717) is 16.9 Å². The maximum absolute atomic E-state index is 12.3. The lowest BCUT2D eigenvalue weighted by atomic mass is 10.1. The SMILES string of the molecule is NS(=O)(=O)c1cc2cc(C(=O)N[C@@H]3C[C@H]3C3CCCO3)sc2s1. The number of hydrogen-bond acceptors (Lipinski definition) is 6. The van der Waals surface area contributed by atoms with Crippen molar-refractivity contribution in [3.63, 3.8) is 0 Å². The minimum Gasteiger partial charge on any atom is -0.378 e. The Kier molecular flexibility index (Phi) is 3.73. The molecule has 4 rings (SSSR count). The number of amides is 1. The monoisotopic (exact) mass is 372 g/mol. The number of nitrogens with one attached hydrogen (secondary N) is 1. The van der Waals surface area contributed by atoms with Crippen LogP contribution in [0.15, 0.2) is 16.3 Å². The lowest BCUT2D eigenvalue weighted by Gasteiger charge is -2.08. The molecule has 9 heteroatoms. The molecule has 2 aromatic heterocycles. The fourth-order valence-electron chi connectivity index (χ4n) is 3.04. The van der Waals surface area contributed by atoms with E-state index >= 15 is 0 Å². The highest BCUT2D eigenvalue weighted by Gasteiger charge is 2.45. The van der Waals surface area contributed by atoms with Crippen LogP contribution in [-0.4, -0.2) is 33.1 Å². The number of hydrogen-bond donors (Lipinski definition) is 2. The summed E-state index contributed by atoms with van der Waals surface area (Å²) in [6, 6.07) is 3.45. The Bertz CT molecular complexity index is 832. The zero-order valence-electron chi connectivity index (χ0n) is 12.2. The van der Waals surface area contributed by atoms with E-state index in [1.54, 1.807) is 6.07 Å². The lowest BCUT2D eigenvalue weighted by Crippen LogP contribution is -2.28. The number of carbonyl (C=O) groups excluding carboxylic acids is 1. The highest BCUT2D eigenvalue weighted by Crippen LogP contribution is 2.40. The zero-order valence-corrected chi connectivity index (χ0v) is 14.6. The number of carbonyl (C=O) groups is 1. The summed E-state index contributed by atoms with van der Waals surface area (Å²) in [6.45, 7) is 0.829. The Morgan fingerprint density at radius 2 is 2.17 bits per heavy atom. The molecule has 1 saturated carbocycles. The molecule has 0 spiro atoms. The molecule has 3 N–H and O–H groups in total. The van der Waals surface area contributed by atoms with E-state index in [4.69, 9.17) is 9.88 Å². The highest BCUT2D eigenvalue weighted by atomic mass is 32.2. The van der Waals surface area contributed by atoms with Crippen LogP contribution in [0.1, 0.15) is 28.9 Å². The smallest absolute Gasteiger partial charge is 0.261 e. The van der Waals surface area contributed by atoms with Crippen LogP contribution in [0.4, 0.5) is 0 Å². The van der Waals surface area contributed by atoms with Crippen LogP contribution in [0.3, 0.4) is 0 Å². The van der Waals surface area contributed by atoms with Gasteiger partial charge in [0.2, 0.25) is 10.0 Å². The van der Waals surface area contributed by atoms with Gasteiger partial charge in [-0.05, 0) is 31.4 Å². The number of nitrogens with two attached hydrogens (primary N) is 1. The van der Waals surface area contributed by atoms with E-state index < -0.39 is 10.0 Å². The molecule has 3 atom stereocenters. The Labute approximate surface area is 141 Å². The van der Waals surface area contributed by atoms with Gasteiger partial charge in [0, 0.05) is 24.0 Å². The summed E-state index contributed by atoms with van der Waals surface area (Å²) in [5.74, 6) is 0.345. The molecule has 124 valence electrons. The summed E-state index contributed by atoms with van der Waals surface area (Å²) < 4.78 is 29.3. The first-order valence-electron chi connectivity index (χ1n) is 7.40. The van der Waals surface area contributed by atoms with E-state index in [1.807, 2.05) is 0 Å². The number of primary sulfonamides is 1. The summed E-state index contributed by atoms with van der Waals surface area (Å²) in [7, 11) is -3.68. The van der Waals surface area contributed by atoms with Gasteiger partial charge >= 0.3 is 0 Å². The molecule has 2 aromatic rings. The molecule has 1 unspecified atom stereocenters. The second-order valence-electron chi connectivity index (χ2n) is 5.99. The molecule has 6 nitrogen and oxygen atoms in total. The van der Waals surface area contributed by atoms with Crippen LogP contribution in [0.5, 0.6) is 0 Å². The largest absolute Gasteiger partial charge is 0.378 e. The van der Waals surface area contributed by atoms with Gasteiger partial charge in [-0.15, -0.1) is 22.7 Å². The van der Waals surface area contributed by atoms with Crippen molar-refractivity contribution in [1.29, 1.82) is 0 Å². The third-order valence-corrected chi connectivity index (χ3v) is 8.10. The number of ether oxygens (including phenoxy) is 1. The Balaban J connectivity index is 1.44. The van der Waals surface area contributed by atoms with Crippen molar-refractivity contribution in [3.8, 4) is 0 Å². The van der Waals surface area contributed by atoms with Crippen LogP contribution in [0, 0.1) is 5.92 Å². The Hall–Kier alpha value is -1.00. The average molecular weight is 372 g/mol. The number of rotatable bonds is 4. The van der Waals surface area contributed by atoms with Gasteiger partial charge in [-0.3, -0.25) is 4.79 Å². The number of fused-ring (bicyclic) bond motifs is 1. The molecule has 1 aliphatic heterocycles. The second-order valence-corrected chi connectivity index (χ2v) is 10.1. The minimum atomic E-state index is -3.68. The summed E-state index contributed by atoms with van der Waals surface area (Å²) in [4.78, 5) is 12.9. The van der Waals surface area contributed by atoms with Crippen molar-refractivity contribution in [3.05, 3.63) is 17.0 Å². The van der Waals surface area contributed by atoms with Gasteiger partial charge in [-0.25, -0.2) is 13.6 Å². The second kappa shape index (κ2) is 5.52. The van der Waals surface area contributed by atoms with Gasteiger partial charge in [-0.2, -0.15) is 0 Å². The third kappa shape index (κ3) is 3.03.